The van der Waals surface area contributed by atoms with Gasteiger partial charge in [-0.25, -0.2) is 0 Å². The zero-order valence-electron chi connectivity index (χ0n) is 6.17. The van der Waals surface area contributed by atoms with Crippen LogP contribution in [0.2, 0.25) is 0 Å². The summed E-state index contributed by atoms with van der Waals surface area (Å²) in [4.78, 5) is 0. The van der Waals surface area contributed by atoms with Crippen LogP contribution in [0.1, 0.15) is 5.56 Å². The molecule has 0 saturated carbocycles. The molecule has 0 unspecified atom stereocenters. The van der Waals surface area contributed by atoms with Crippen LogP contribution in [0.5, 0.6) is 0 Å². The maximum Gasteiger partial charge on any atom is 0.0418 e. The molecule has 0 radical (unpaired) electrons. The zero-order valence-corrected chi connectivity index (χ0v) is 6.17. The highest BCUT2D eigenvalue weighted by Gasteiger charge is 2.11. The lowest BCUT2D eigenvalue weighted by molar-refractivity contribution is 1.22. The Balaban J connectivity index is 2.41. The van der Waals surface area contributed by atoms with E-state index in [0.717, 1.165) is 12.1 Å². The van der Waals surface area contributed by atoms with E-state index in [-0.39, 0.29) is 0 Å². The molecule has 0 atom stereocenters. The van der Waals surface area contributed by atoms with Gasteiger partial charge in [0, 0.05) is 24.0 Å². The normalized spacial score (nSPS) is 18.0. The van der Waals surface area contributed by atoms with E-state index in [1.54, 1.807) is 6.20 Å². The maximum atomic E-state index is 5.39. The predicted molar refractivity (Wildman–Crippen MR) is 46.0 cm³/mol. The summed E-state index contributed by atoms with van der Waals surface area (Å²) in [6, 6.07) is 8.23. The number of hydrogen-bond donors (Lipinski definition) is 2. The molecule has 11 heavy (non-hydrogen) atoms. The number of benzene rings is 1. The third-order valence-electron chi connectivity index (χ3n) is 1.89. The van der Waals surface area contributed by atoms with Crippen LogP contribution in [0.15, 0.2) is 36.2 Å². The van der Waals surface area contributed by atoms with Gasteiger partial charge in [0.2, 0.25) is 0 Å². The molecule has 0 saturated heterocycles. The fourth-order valence-electron chi connectivity index (χ4n) is 1.32. The number of para-hydroxylation sites is 1. The van der Waals surface area contributed by atoms with Crippen molar-refractivity contribution in [2.45, 2.75) is 6.42 Å². The average Bonchev–Trinajstić information content (AvgIpc) is 2.46. The third kappa shape index (κ3) is 0.963. The number of allylic oxidation sites excluding steroid dienone is 1. The van der Waals surface area contributed by atoms with Crippen LogP contribution >= 0.6 is 0 Å². The van der Waals surface area contributed by atoms with E-state index in [2.05, 4.69) is 17.4 Å². The first-order valence-electron chi connectivity index (χ1n) is 3.66. The lowest BCUT2D eigenvalue weighted by Crippen LogP contribution is -1.94. The summed E-state index contributed by atoms with van der Waals surface area (Å²) >= 11 is 0. The number of anilines is 1. The molecule has 0 aromatic heterocycles. The summed E-state index contributed by atoms with van der Waals surface area (Å²) in [5.74, 6) is 0. The first-order chi connectivity index (χ1) is 5.40. The van der Waals surface area contributed by atoms with Gasteiger partial charge in [-0.3, -0.25) is 0 Å². The molecule has 2 heteroatoms. The Morgan fingerprint density at radius 3 is 2.91 bits per heavy atom. The maximum absolute atomic E-state index is 5.39. The van der Waals surface area contributed by atoms with Crippen molar-refractivity contribution in [2.24, 2.45) is 5.73 Å². The second-order valence-corrected chi connectivity index (χ2v) is 2.65. The molecule has 0 amide bonds. The van der Waals surface area contributed by atoms with E-state index in [1.807, 2.05) is 12.1 Å². The van der Waals surface area contributed by atoms with E-state index >= 15 is 0 Å². The van der Waals surface area contributed by atoms with Crippen molar-refractivity contribution < 1.29 is 0 Å². The van der Waals surface area contributed by atoms with E-state index in [0.29, 0.717) is 0 Å². The second kappa shape index (κ2) is 2.31. The van der Waals surface area contributed by atoms with Gasteiger partial charge in [-0.1, -0.05) is 18.2 Å². The van der Waals surface area contributed by atoms with Gasteiger partial charge in [0.1, 0.15) is 0 Å². The summed E-state index contributed by atoms with van der Waals surface area (Å²) in [6.45, 7) is 0. The Labute approximate surface area is 65.7 Å². The van der Waals surface area contributed by atoms with Crippen LogP contribution in [-0.2, 0) is 6.42 Å². The minimum Gasteiger partial charge on any atom is -0.403 e. The van der Waals surface area contributed by atoms with Crippen molar-refractivity contribution in [3.05, 3.63) is 41.7 Å². The molecule has 0 aliphatic carbocycles. The largest absolute Gasteiger partial charge is 0.403 e. The predicted octanol–water partition coefficient (Wildman–Crippen LogP) is 1.45. The van der Waals surface area contributed by atoms with Gasteiger partial charge in [-0.15, -0.1) is 0 Å². The van der Waals surface area contributed by atoms with E-state index < -0.39 is 0 Å². The molecule has 0 fully saturated rings. The van der Waals surface area contributed by atoms with Crippen LogP contribution in [0, 0.1) is 0 Å². The van der Waals surface area contributed by atoms with Gasteiger partial charge in [-0.2, -0.15) is 0 Å². The molecule has 1 aromatic carbocycles. The quantitative estimate of drug-likeness (QED) is 0.581. The highest BCUT2D eigenvalue weighted by atomic mass is 14.9. The van der Waals surface area contributed by atoms with E-state index in [9.17, 15) is 0 Å². The Morgan fingerprint density at radius 1 is 1.36 bits per heavy atom. The van der Waals surface area contributed by atoms with Crippen molar-refractivity contribution in [3.63, 3.8) is 0 Å². The Kier molecular flexibility index (Phi) is 1.32. The van der Waals surface area contributed by atoms with E-state index in [1.165, 1.54) is 11.3 Å². The molecule has 1 aromatic rings. The number of rotatable bonds is 0. The monoisotopic (exact) mass is 146 g/mol. The SMILES string of the molecule is NC=C1Cc2ccccc2N1. The molecule has 56 valence electrons. The summed E-state index contributed by atoms with van der Waals surface area (Å²) in [7, 11) is 0. The number of fused-ring (bicyclic) bond motifs is 1. The highest BCUT2D eigenvalue weighted by molar-refractivity contribution is 5.61. The van der Waals surface area contributed by atoms with Crippen molar-refractivity contribution >= 4 is 5.69 Å². The van der Waals surface area contributed by atoms with Crippen molar-refractivity contribution in [3.8, 4) is 0 Å². The highest BCUT2D eigenvalue weighted by Crippen LogP contribution is 2.26. The number of nitrogens with one attached hydrogen (secondary N) is 1. The standard InChI is InChI=1S/C9H10N2/c10-6-8-5-7-3-1-2-4-9(7)11-8/h1-4,6,11H,5,10H2. The molecular weight excluding hydrogens is 136 g/mol. The van der Waals surface area contributed by atoms with Crippen LogP contribution in [0.4, 0.5) is 5.69 Å². The molecule has 3 N–H and O–H groups in total. The lowest BCUT2D eigenvalue weighted by Gasteiger charge is -1.96. The first kappa shape index (κ1) is 6.28. The minimum absolute atomic E-state index is 0.937. The Morgan fingerprint density at radius 2 is 2.18 bits per heavy atom. The molecule has 1 aliphatic rings. The van der Waals surface area contributed by atoms with Crippen LogP contribution < -0.4 is 11.1 Å². The average molecular weight is 146 g/mol. The molecule has 0 bridgehead atoms. The molecule has 0 spiro atoms. The third-order valence-corrected chi connectivity index (χ3v) is 1.89. The first-order valence-corrected chi connectivity index (χ1v) is 3.66. The number of hydrogen-bond acceptors (Lipinski definition) is 2. The van der Waals surface area contributed by atoms with Crippen molar-refractivity contribution in [1.29, 1.82) is 0 Å². The van der Waals surface area contributed by atoms with Crippen LogP contribution in [-0.4, -0.2) is 0 Å². The molecular formula is C9H10N2. The second-order valence-electron chi connectivity index (χ2n) is 2.65. The van der Waals surface area contributed by atoms with Gasteiger partial charge >= 0.3 is 0 Å². The number of nitrogens with two attached hydrogens (primary N) is 1. The Bertz CT molecular complexity index is 275. The van der Waals surface area contributed by atoms with Gasteiger partial charge in [0.05, 0.1) is 0 Å². The van der Waals surface area contributed by atoms with Crippen molar-refractivity contribution in [1.82, 2.24) is 0 Å². The summed E-state index contributed by atoms with van der Waals surface area (Å²) < 4.78 is 0. The smallest absolute Gasteiger partial charge is 0.0418 e. The summed E-state index contributed by atoms with van der Waals surface area (Å²) in [6.07, 6.45) is 2.56. The fraction of sp³-hybridized carbons (Fsp3) is 0.111. The Hall–Kier alpha value is -1.44. The molecule has 2 rings (SSSR count). The van der Waals surface area contributed by atoms with Gasteiger partial charge in [0.25, 0.3) is 0 Å². The molecule has 2 nitrogen and oxygen atoms in total. The summed E-state index contributed by atoms with van der Waals surface area (Å²) in [5.41, 5.74) is 8.99. The van der Waals surface area contributed by atoms with Crippen LogP contribution in [0.3, 0.4) is 0 Å². The lowest BCUT2D eigenvalue weighted by atomic mass is 10.1. The van der Waals surface area contributed by atoms with E-state index in [4.69, 9.17) is 5.73 Å². The zero-order chi connectivity index (χ0) is 7.68. The van der Waals surface area contributed by atoms with Gasteiger partial charge in [0.15, 0.2) is 0 Å². The fourth-order valence-corrected chi connectivity index (χ4v) is 1.32. The van der Waals surface area contributed by atoms with Gasteiger partial charge < -0.3 is 11.1 Å². The van der Waals surface area contributed by atoms with Gasteiger partial charge in [-0.05, 0) is 11.6 Å². The molecule has 1 aliphatic heterocycles. The van der Waals surface area contributed by atoms with Crippen LogP contribution in [0.25, 0.3) is 0 Å². The van der Waals surface area contributed by atoms with Crippen molar-refractivity contribution in [2.75, 3.05) is 5.32 Å². The molecule has 1 heterocycles. The summed E-state index contributed by atoms with van der Waals surface area (Å²) in [5, 5.41) is 3.22. The minimum atomic E-state index is 0.937. The topological polar surface area (TPSA) is 38.0 Å².